The standard InChI is InChI=1S/C18H17ClF3N3O2/c1-10-14(4-3-5-15(10)24-11(2)26)23-9-17(27)25-16-8-12(18(20,21)22)6-7-13(16)19/h3-8,23H,9H2,1-2H3,(H,24,26)(H,25,27). The van der Waals surface area contributed by atoms with Gasteiger partial charge in [0.15, 0.2) is 0 Å². The fraction of sp³-hybridized carbons (Fsp3) is 0.222. The monoisotopic (exact) mass is 399 g/mol. The maximum absolute atomic E-state index is 12.8. The van der Waals surface area contributed by atoms with Gasteiger partial charge in [-0.3, -0.25) is 9.59 Å². The number of benzene rings is 2. The van der Waals surface area contributed by atoms with E-state index in [1.165, 1.54) is 6.92 Å². The van der Waals surface area contributed by atoms with Crippen molar-refractivity contribution in [2.75, 3.05) is 22.5 Å². The fourth-order valence-electron chi connectivity index (χ4n) is 2.32. The summed E-state index contributed by atoms with van der Waals surface area (Å²) in [4.78, 5) is 23.3. The number of amides is 2. The maximum atomic E-state index is 12.8. The first-order valence-electron chi connectivity index (χ1n) is 7.85. The van der Waals surface area contributed by atoms with Crippen molar-refractivity contribution in [2.24, 2.45) is 0 Å². The first-order valence-corrected chi connectivity index (χ1v) is 8.23. The van der Waals surface area contributed by atoms with Gasteiger partial charge in [0, 0.05) is 18.3 Å². The second-order valence-electron chi connectivity index (χ2n) is 5.75. The molecule has 5 nitrogen and oxygen atoms in total. The molecule has 0 atom stereocenters. The van der Waals surface area contributed by atoms with E-state index in [4.69, 9.17) is 11.6 Å². The first-order chi connectivity index (χ1) is 12.6. The number of hydrogen-bond donors (Lipinski definition) is 3. The molecule has 0 saturated carbocycles. The molecule has 0 unspecified atom stereocenters. The quantitative estimate of drug-likeness (QED) is 0.684. The molecule has 0 heterocycles. The summed E-state index contributed by atoms with van der Waals surface area (Å²) in [5.41, 5.74) is 0.883. The Morgan fingerprint density at radius 2 is 1.70 bits per heavy atom. The van der Waals surface area contributed by atoms with Crippen LogP contribution in [0.25, 0.3) is 0 Å². The molecule has 0 radical (unpaired) electrons. The van der Waals surface area contributed by atoms with E-state index < -0.39 is 17.6 Å². The lowest BCUT2D eigenvalue weighted by Gasteiger charge is -2.14. The third kappa shape index (κ3) is 5.62. The van der Waals surface area contributed by atoms with Crippen LogP contribution >= 0.6 is 11.6 Å². The summed E-state index contributed by atoms with van der Waals surface area (Å²) in [6.45, 7) is 2.94. The van der Waals surface area contributed by atoms with Gasteiger partial charge in [0.25, 0.3) is 0 Å². The van der Waals surface area contributed by atoms with Crippen LogP contribution < -0.4 is 16.0 Å². The van der Waals surface area contributed by atoms with Gasteiger partial charge >= 0.3 is 6.18 Å². The Labute approximate surface area is 158 Å². The Kier molecular flexibility index (Phi) is 6.32. The van der Waals surface area contributed by atoms with Gasteiger partial charge in [-0.15, -0.1) is 0 Å². The zero-order valence-electron chi connectivity index (χ0n) is 14.5. The summed E-state index contributed by atoms with van der Waals surface area (Å²) in [6.07, 6.45) is -4.54. The molecule has 0 bridgehead atoms. The van der Waals surface area contributed by atoms with Gasteiger partial charge in [-0.1, -0.05) is 17.7 Å². The second-order valence-corrected chi connectivity index (χ2v) is 6.16. The van der Waals surface area contributed by atoms with Crippen LogP contribution in [0.4, 0.5) is 30.2 Å². The average molecular weight is 400 g/mol. The lowest BCUT2D eigenvalue weighted by molar-refractivity contribution is -0.137. The fourth-order valence-corrected chi connectivity index (χ4v) is 2.48. The van der Waals surface area contributed by atoms with Gasteiger partial charge in [0.2, 0.25) is 11.8 Å². The van der Waals surface area contributed by atoms with Crippen LogP contribution in [0, 0.1) is 6.92 Å². The van der Waals surface area contributed by atoms with E-state index in [0.717, 1.165) is 23.8 Å². The third-order valence-corrected chi connectivity index (χ3v) is 3.98. The number of halogens is 4. The normalized spacial score (nSPS) is 11.0. The van der Waals surface area contributed by atoms with Crippen molar-refractivity contribution in [3.8, 4) is 0 Å². The number of carbonyl (C=O) groups is 2. The Morgan fingerprint density at radius 3 is 2.33 bits per heavy atom. The highest BCUT2D eigenvalue weighted by atomic mass is 35.5. The van der Waals surface area contributed by atoms with E-state index in [-0.39, 0.29) is 23.2 Å². The van der Waals surface area contributed by atoms with Crippen LogP contribution in [0.2, 0.25) is 5.02 Å². The molecule has 27 heavy (non-hydrogen) atoms. The SMILES string of the molecule is CC(=O)Nc1cccc(NCC(=O)Nc2cc(C(F)(F)F)ccc2Cl)c1C. The van der Waals surface area contributed by atoms with E-state index in [9.17, 15) is 22.8 Å². The Morgan fingerprint density at radius 1 is 1.04 bits per heavy atom. The summed E-state index contributed by atoms with van der Waals surface area (Å²) in [6, 6.07) is 7.82. The predicted octanol–water partition coefficient (Wildman–Crippen LogP) is 4.68. The van der Waals surface area contributed by atoms with Crippen LogP contribution in [0.3, 0.4) is 0 Å². The van der Waals surface area contributed by atoms with Crippen molar-refractivity contribution in [3.05, 3.63) is 52.5 Å². The number of alkyl halides is 3. The van der Waals surface area contributed by atoms with Crippen LogP contribution in [-0.4, -0.2) is 18.4 Å². The molecule has 0 aliphatic rings. The summed E-state index contributed by atoms with van der Waals surface area (Å²) in [5.74, 6) is -0.798. The molecule has 2 aromatic rings. The second kappa shape index (κ2) is 8.30. The molecule has 9 heteroatoms. The molecule has 0 aliphatic heterocycles. The Bertz CT molecular complexity index is 869. The predicted molar refractivity (Wildman–Crippen MR) is 99.1 cm³/mol. The van der Waals surface area contributed by atoms with Gasteiger partial charge in [0.1, 0.15) is 0 Å². The van der Waals surface area contributed by atoms with Crippen LogP contribution in [0.5, 0.6) is 0 Å². The van der Waals surface area contributed by atoms with E-state index in [1.54, 1.807) is 25.1 Å². The largest absolute Gasteiger partial charge is 0.416 e. The zero-order valence-corrected chi connectivity index (χ0v) is 15.3. The lowest BCUT2D eigenvalue weighted by atomic mass is 10.1. The number of hydrogen-bond acceptors (Lipinski definition) is 3. The van der Waals surface area contributed by atoms with E-state index >= 15 is 0 Å². The number of rotatable bonds is 5. The van der Waals surface area contributed by atoms with Crippen molar-refractivity contribution >= 4 is 40.5 Å². The third-order valence-electron chi connectivity index (χ3n) is 3.65. The molecule has 2 amide bonds. The summed E-state index contributed by atoms with van der Waals surface area (Å²) < 4.78 is 38.3. The number of anilines is 3. The van der Waals surface area contributed by atoms with Crippen molar-refractivity contribution in [1.29, 1.82) is 0 Å². The van der Waals surface area contributed by atoms with E-state index in [0.29, 0.717) is 11.4 Å². The molecule has 144 valence electrons. The smallest absolute Gasteiger partial charge is 0.376 e. The summed E-state index contributed by atoms with van der Waals surface area (Å²) in [7, 11) is 0. The maximum Gasteiger partial charge on any atom is 0.416 e. The molecule has 2 aromatic carbocycles. The van der Waals surface area contributed by atoms with E-state index in [2.05, 4.69) is 16.0 Å². The van der Waals surface area contributed by atoms with Crippen molar-refractivity contribution in [1.82, 2.24) is 0 Å². The minimum absolute atomic E-state index is 0.000172. The van der Waals surface area contributed by atoms with Gasteiger partial charge in [0.05, 0.1) is 22.8 Å². The molecular formula is C18H17ClF3N3O2. The van der Waals surface area contributed by atoms with Crippen LogP contribution in [0.1, 0.15) is 18.1 Å². The number of carbonyl (C=O) groups excluding carboxylic acids is 2. The van der Waals surface area contributed by atoms with Gasteiger partial charge < -0.3 is 16.0 Å². The molecule has 0 aliphatic carbocycles. The first kappa shape index (κ1) is 20.6. The Hall–Kier alpha value is -2.74. The molecule has 3 N–H and O–H groups in total. The minimum atomic E-state index is -4.54. The molecule has 2 rings (SSSR count). The van der Waals surface area contributed by atoms with Gasteiger partial charge in [-0.25, -0.2) is 0 Å². The van der Waals surface area contributed by atoms with E-state index in [1.807, 2.05) is 0 Å². The average Bonchev–Trinajstić information content (AvgIpc) is 2.56. The van der Waals surface area contributed by atoms with Gasteiger partial charge in [-0.05, 0) is 42.8 Å². The molecule has 0 spiro atoms. The summed E-state index contributed by atoms with van der Waals surface area (Å²) >= 11 is 5.86. The summed E-state index contributed by atoms with van der Waals surface area (Å²) in [5, 5.41) is 7.90. The highest BCUT2D eigenvalue weighted by Gasteiger charge is 2.31. The molecule has 0 saturated heterocycles. The van der Waals surface area contributed by atoms with Crippen molar-refractivity contribution < 1.29 is 22.8 Å². The van der Waals surface area contributed by atoms with Crippen molar-refractivity contribution in [2.45, 2.75) is 20.0 Å². The molecule has 0 aromatic heterocycles. The van der Waals surface area contributed by atoms with Crippen molar-refractivity contribution in [3.63, 3.8) is 0 Å². The topological polar surface area (TPSA) is 70.2 Å². The number of nitrogens with one attached hydrogen (secondary N) is 3. The highest BCUT2D eigenvalue weighted by molar-refractivity contribution is 6.33. The van der Waals surface area contributed by atoms with Crippen LogP contribution in [0.15, 0.2) is 36.4 Å². The Balaban J connectivity index is 2.06. The van der Waals surface area contributed by atoms with Gasteiger partial charge in [-0.2, -0.15) is 13.2 Å². The highest BCUT2D eigenvalue weighted by Crippen LogP contribution is 2.33. The molecular weight excluding hydrogens is 383 g/mol. The minimum Gasteiger partial charge on any atom is -0.376 e. The zero-order chi connectivity index (χ0) is 20.2. The van der Waals surface area contributed by atoms with Crippen LogP contribution in [-0.2, 0) is 15.8 Å². The molecule has 0 fully saturated rings. The lowest BCUT2D eigenvalue weighted by Crippen LogP contribution is -2.22.